The van der Waals surface area contributed by atoms with Gasteiger partial charge in [-0.25, -0.2) is 9.37 Å². The molecule has 1 aliphatic heterocycles. The highest BCUT2D eigenvalue weighted by Crippen LogP contribution is 2.25. The molecule has 1 aliphatic rings. The van der Waals surface area contributed by atoms with E-state index in [1.165, 1.54) is 29.5 Å². The number of morpholine rings is 1. The molecule has 156 valence electrons. The van der Waals surface area contributed by atoms with Crippen LogP contribution in [0.4, 0.5) is 10.1 Å². The monoisotopic (exact) mass is 427 g/mol. The summed E-state index contributed by atoms with van der Waals surface area (Å²) in [5.41, 5.74) is 2.69. The van der Waals surface area contributed by atoms with E-state index in [0.29, 0.717) is 11.0 Å². The van der Waals surface area contributed by atoms with Crippen LogP contribution in [0.2, 0.25) is 0 Å². The third-order valence-electron chi connectivity index (χ3n) is 4.69. The van der Waals surface area contributed by atoms with Crippen molar-refractivity contribution in [1.29, 1.82) is 0 Å². The van der Waals surface area contributed by atoms with Crippen molar-refractivity contribution < 1.29 is 18.3 Å². The van der Waals surface area contributed by atoms with Crippen molar-refractivity contribution in [2.24, 2.45) is 0 Å². The number of carbonyl (C=O) groups excluding carboxylic acids is 1. The van der Waals surface area contributed by atoms with E-state index in [1.807, 2.05) is 24.3 Å². The Balaban J connectivity index is 1.25. The van der Waals surface area contributed by atoms with Crippen LogP contribution in [0, 0.1) is 5.82 Å². The number of anilines is 1. The number of nitrogens with zero attached hydrogens (tertiary/aromatic N) is 2. The molecule has 0 radical (unpaired) electrons. The van der Waals surface area contributed by atoms with Crippen molar-refractivity contribution in [1.82, 2.24) is 9.88 Å². The van der Waals surface area contributed by atoms with Crippen LogP contribution in [0.5, 0.6) is 0 Å². The van der Waals surface area contributed by atoms with Crippen molar-refractivity contribution in [2.45, 2.75) is 11.8 Å². The van der Waals surface area contributed by atoms with Crippen LogP contribution in [-0.2, 0) is 16.1 Å². The van der Waals surface area contributed by atoms with Crippen LogP contribution in [0.1, 0.15) is 5.56 Å². The minimum atomic E-state index is -0.307. The summed E-state index contributed by atoms with van der Waals surface area (Å²) in [5, 5.41) is 3.28. The molecule has 0 unspecified atom stereocenters. The van der Waals surface area contributed by atoms with E-state index in [0.717, 1.165) is 44.1 Å². The third kappa shape index (κ3) is 5.69. The molecule has 0 spiro atoms. The first-order chi connectivity index (χ1) is 14.7. The number of aromatic nitrogens is 1. The maximum Gasteiger partial charge on any atom is 0.256 e. The van der Waals surface area contributed by atoms with Crippen molar-refractivity contribution in [3.05, 3.63) is 66.1 Å². The first-order valence-electron chi connectivity index (χ1n) is 9.69. The number of thioether (sulfide) groups is 1. The maximum atomic E-state index is 13.0. The van der Waals surface area contributed by atoms with Gasteiger partial charge in [-0.1, -0.05) is 23.9 Å². The molecular weight excluding hydrogens is 405 g/mol. The molecule has 8 heteroatoms. The molecule has 4 rings (SSSR count). The zero-order chi connectivity index (χ0) is 20.8. The van der Waals surface area contributed by atoms with E-state index < -0.39 is 0 Å². The van der Waals surface area contributed by atoms with Crippen LogP contribution in [0.3, 0.4) is 0 Å². The van der Waals surface area contributed by atoms with Gasteiger partial charge in [0.15, 0.2) is 5.76 Å². The van der Waals surface area contributed by atoms with Crippen LogP contribution in [0.15, 0.2) is 64.4 Å². The molecule has 1 fully saturated rings. The molecule has 0 bridgehead atoms. The van der Waals surface area contributed by atoms with E-state index in [4.69, 9.17) is 9.15 Å². The number of nitrogens with one attached hydrogen (secondary N) is 1. The number of oxazole rings is 1. The van der Waals surface area contributed by atoms with E-state index in [-0.39, 0.29) is 17.5 Å². The summed E-state index contributed by atoms with van der Waals surface area (Å²) in [6.07, 6.45) is 1.57. The Hall–Kier alpha value is -2.68. The Morgan fingerprint density at radius 1 is 1.10 bits per heavy atom. The number of halogens is 1. The Kier molecular flexibility index (Phi) is 6.78. The first kappa shape index (κ1) is 20.6. The fourth-order valence-electron chi connectivity index (χ4n) is 3.11. The highest BCUT2D eigenvalue weighted by molar-refractivity contribution is 7.99. The van der Waals surface area contributed by atoms with Gasteiger partial charge in [0.05, 0.1) is 25.2 Å². The average molecular weight is 428 g/mol. The third-order valence-corrected chi connectivity index (χ3v) is 5.53. The number of hydrogen-bond donors (Lipinski definition) is 1. The van der Waals surface area contributed by atoms with Gasteiger partial charge in [-0.2, -0.15) is 0 Å². The minimum absolute atomic E-state index is 0.137. The van der Waals surface area contributed by atoms with E-state index >= 15 is 0 Å². The average Bonchev–Trinajstić information content (AvgIpc) is 3.24. The van der Waals surface area contributed by atoms with Gasteiger partial charge >= 0.3 is 0 Å². The standard InChI is InChI=1S/C22H22FN3O3S/c23-18-5-3-17(4-6-18)20-13-24-22(29-20)30-15-21(27)25-19-7-1-16(2-8-19)14-26-9-11-28-12-10-26/h1-8,13H,9-12,14-15H2,(H,25,27). The van der Waals surface area contributed by atoms with Crippen LogP contribution in [0.25, 0.3) is 11.3 Å². The predicted octanol–water partition coefficient (Wildman–Crippen LogP) is 4.04. The van der Waals surface area contributed by atoms with Crippen molar-refractivity contribution >= 4 is 23.4 Å². The highest BCUT2D eigenvalue weighted by atomic mass is 32.2. The second-order valence-electron chi connectivity index (χ2n) is 6.92. The molecule has 3 aromatic rings. The molecule has 30 heavy (non-hydrogen) atoms. The second kappa shape index (κ2) is 9.88. The normalized spacial score (nSPS) is 14.6. The Bertz CT molecular complexity index is 970. The van der Waals surface area contributed by atoms with Gasteiger partial charge in [0.2, 0.25) is 5.91 Å². The summed E-state index contributed by atoms with van der Waals surface area (Å²) < 4.78 is 24.0. The molecule has 0 aliphatic carbocycles. The molecule has 6 nitrogen and oxygen atoms in total. The summed E-state index contributed by atoms with van der Waals surface area (Å²) in [5.74, 6) is 0.272. The lowest BCUT2D eigenvalue weighted by Crippen LogP contribution is -2.35. The molecule has 1 aromatic heterocycles. The molecular formula is C22H22FN3O3S. The molecule has 1 saturated heterocycles. The van der Waals surface area contributed by atoms with Gasteiger partial charge in [-0.15, -0.1) is 0 Å². The van der Waals surface area contributed by atoms with Crippen molar-refractivity contribution in [2.75, 3.05) is 37.4 Å². The van der Waals surface area contributed by atoms with Crippen molar-refractivity contribution in [3.63, 3.8) is 0 Å². The zero-order valence-corrected chi connectivity index (χ0v) is 17.2. The maximum absolute atomic E-state index is 13.0. The molecule has 1 N–H and O–H groups in total. The lowest BCUT2D eigenvalue weighted by molar-refractivity contribution is -0.113. The quantitative estimate of drug-likeness (QED) is 0.574. The van der Waals surface area contributed by atoms with E-state index in [1.54, 1.807) is 18.3 Å². The molecule has 2 aromatic carbocycles. The second-order valence-corrected chi connectivity index (χ2v) is 7.85. The summed E-state index contributed by atoms with van der Waals surface area (Å²) >= 11 is 1.21. The Labute approximate surface area is 178 Å². The summed E-state index contributed by atoms with van der Waals surface area (Å²) in [6, 6.07) is 13.9. The van der Waals surface area contributed by atoms with E-state index in [9.17, 15) is 9.18 Å². The smallest absolute Gasteiger partial charge is 0.256 e. The van der Waals surface area contributed by atoms with Crippen LogP contribution >= 0.6 is 11.8 Å². The van der Waals surface area contributed by atoms with E-state index in [2.05, 4.69) is 15.2 Å². The predicted molar refractivity (Wildman–Crippen MR) is 114 cm³/mol. The fraction of sp³-hybridized carbons (Fsp3) is 0.273. The SMILES string of the molecule is O=C(CSc1ncc(-c2ccc(F)cc2)o1)Nc1ccc(CN2CCOCC2)cc1. The van der Waals surface area contributed by atoms with Crippen molar-refractivity contribution in [3.8, 4) is 11.3 Å². The summed E-state index contributed by atoms with van der Waals surface area (Å²) in [6.45, 7) is 4.33. The largest absolute Gasteiger partial charge is 0.431 e. The van der Waals surface area contributed by atoms with Gasteiger partial charge in [0.25, 0.3) is 5.22 Å². The number of benzene rings is 2. The highest BCUT2D eigenvalue weighted by Gasteiger charge is 2.12. The molecule has 2 heterocycles. The van der Waals surface area contributed by atoms with Gasteiger partial charge in [-0.05, 0) is 42.0 Å². The first-order valence-corrected chi connectivity index (χ1v) is 10.7. The van der Waals surface area contributed by atoms with Gasteiger partial charge in [0.1, 0.15) is 5.82 Å². The Morgan fingerprint density at radius 3 is 2.57 bits per heavy atom. The number of carbonyl (C=O) groups is 1. The number of ether oxygens (including phenoxy) is 1. The number of rotatable bonds is 7. The minimum Gasteiger partial charge on any atom is -0.431 e. The van der Waals surface area contributed by atoms with Gasteiger partial charge in [0, 0.05) is 30.9 Å². The van der Waals surface area contributed by atoms with Crippen LogP contribution in [-0.4, -0.2) is 47.8 Å². The Morgan fingerprint density at radius 2 is 1.83 bits per heavy atom. The summed E-state index contributed by atoms with van der Waals surface area (Å²) in [7, 11) is 0. The molecule has 1 amide bonds. The van der Waals surface area contributed by atoms with Crippen LogP contribution < -0.4 is 5.32 Å². The molecule has 0 saturated carbocycles. The van der Waals surface area contributed by atoms with Gasteiger partial charge < -0.3 is 14.5 Å². The number of amides is 1. The topological polar surface area (TPSA) is 67.6 Å². The lowest BCUT2D eigenvalue weighted by Gasteiger charge is -2.26. The lowest BCUT2D eigenvalue weighted by atomic mass is 10.2. The summed E-state index contributed by atoms with van der Waals surface area (Å²) in [4.78, 5) is 18.8. The van der Waals surface area contributed by atoms with Gasteiger partial charge in [-0.3, -0.25) is 9.69 Å². The number of hydrogen-bond acceptors (Lipinski definition) is 6. The zero-order valence-electron chi connectivity index (χ0n) is 16.3. The fourth-order valence-corrected chi connectivity index (χ4v) is 3.71. The molecule has 0 atom stereocenters.